The van der Waals surface area contributed by atoms with E-state index in [2.05, 4.69) is 39.6 Å². The maximum absolute atomic E-state index is 11.3. The van der Waals surface area contributed by atoms with Crippen LogP contribution in [0.3, 0.4) is 0 Å². The Labute approximate surface area is 133 Å². The number of carbonyl (C=O) groups is 1. The average molecular weight is 347 g/mol. The number of hydrogen-bond acceptors (Lipinski definition) is 2. The van der Waals surface area contributed by atoms with Crippen LogP contribution in [0.5, 0.6) is 0 Å². The highest BCUT2D eigenvalue weighted by Crippen LogP contribution is 2.26. The van der Waals surface area contributed by atoms with Gasteiger partial charge in [-0.05, 0) is 42.8 Å². The Balaban J connectivity index is 2.03. The van der Waals surface area contributed by atoms with Crippen molar-refractivity contribution < 1.29 is 4.79 Å². The van der Waals surface area contributed by atoms with E-state index in [9.17, 15) is 4.79 Å². The van der Waals surface area contributed by atoms with Crippen molar-refractivity contribution in [3.05, 3.63) is 58.6 Å². The predicted molar refractivity (Wildman–Crippen MR) is 91.5 cm³/mol. The Morgan fingerprint density at radius 2 is 1.71 bits per heavy atom. The molecule has 0 heterocycles. The Hall–Kier alpha value is -1.81. The topological polar surface area (TPSA) is 41.1 Å². The quantitative estimate of drug-likeness (QED) is 0.802. The second-order valence-electron chi connectivity index (χ2n) is 4.87. The summed E-state index contributed by atoms with van der Waals surface area (Å²) in [5.41, 5.74) is 3.05. The summed E-state index contributed by atoms with van der Waals surface area (Å²) in [7, 11) is 0. The summed E-state index contributed by atoms with van der Waals surface area (Å²) in [6.07, 6.45) is 0.485. The van der Waals surface area contributed by atoms with Gasteiger partial charge in [-0.15, -0.1) is 0 Å². The molecule has 0 saturated heterocycles. The van der Waals surface area contributed by atoms with Crippen LogP contribution in [0.1, 0.15) is 31.9 Å². The molecular weight excluding hydrogens is 328 g/mol. The number of rotatable bonds is 5. The molecule has 0 aromatic heterocycles. The van der Waals surface area contributed by atoms with Gasteiger partial charge in [-0.1, -0.05) is 41.1 Å². The van der Waals surface area contributed by atoms with Crippen molar-refractivity contribution in [1.82, 2.24) is 0 Å². The van der Waals surface area contributed by atoms with Gasteiger partial charge in [0, 0.05) is 28.3 Å². The third kappa shape index (κ3) is 4.33. The van der Waals surface area contributed by atoms with Crippen molar-refractivity contribution in [1.29, 1.82) is 0 Å². The fourth-order valence-corrected chi connectivity index (χ4v) is 2.68. The Morgan fingerprint density at radius 1 is 1.10 bits per heavy atom. The van der Waals surface area contributed by atoms with Crippen LogP contribution in [0.2, 0.25) is 0 Å². The zero-order valence-electron chi connectivity index (χ0n) is 12.2. The molecule has 2 aromatic rings. The zero-order chi connectivity index (χ0) is 15.2. The van der Waals surface area contributed by atoms with Gasteiger partial charge in [0.25, 0.3) is 0 Å². The molecule has 4 heteroatoms. The van der Waals surface area contributed by atoms with Crippen LogP contribution in [-0.4, -0.2) is 5.91 Å². The normalized spacial score (nSPS) is 11.8. The highest BCUT2D eigenvalue weighted by Gasteiger charge is 2.08. The van der Waals surface area contributed by atoms with Crippen LogP contribution >= 0.6 is 15.9 Å². The van der Waals surface area contributed by atoms with Crippen LogP contribution in [-0.2, 0) is 4.79 Å². The summed E-state index contributed by atoms with van der Waals surface area (Å²) < 4.78 is 1.09. The lowest BCUT2D eigenvalue weighted by atomic mass is 10.1. The lowest BCUT2D eigenvalue weighted by molar-refractivity contribution is -0.115. The van der Waals surface area contributed by atoms with E-state index in [-0.39, 0.29) is 11.9 Å². The lowest BCUT2D eigenvalue weighted by Crippen LogP contribution is -2.10. The molecule has 2 N–H and O–H groups in total. The van der Waals surface area contributed by atoms with Gasteiger partial charge >= 0.3 is 0 Å². The molecule has 0 fully saturated rings. The number of anilines is 2. The molecule has 1 amide bonds. The lowest BCUT2D eigenvalue weighted by Gasteiger charge is -2.17. The number of halogens is 1. The zero-order valence-corrected chi connectivity index (χ0v) is 13.8. The fraction of sp³-hybridized carbons (Fsp3) is 0.235. The molecule has 1 atom stereocenters. The summed E-state index contributed by atoms with van der Waals surface area (Å²) in [6, 6.07) is 16.1. The molecule has 2 aromatic carbocycles. The Morgan fingerprint density at radius 3 is 2.33 bits per heavy atom. The molecule has 0 aliphatic heterocycles. The summed E-state index contributed by atoms with van der Waals surface area (Å²) >= 11 is 3.57. The number of amides is 1. The van der Waals surface area contributed by atoms with E-state index < -0.39 is 0 Å². The molecule has 3 nitrogen and oxygen atoms in total. The van der Waals surface area contributed by atoms with Crippen LogP contribution in [0, 0.1) is 0 Å². The van der Waals surface area contributed by atoms with Gasteiger partial charge in [0.15, 0.2) is 0 Å². The highest BCUT2D eigenvalue weighted by atomic mass is 79.9. The average Bonchev–Trinajstić information content (AvgIpc) is 2.49. The van der Waals surface area contributed by atoms with Gasteiger partial charge in [0.2, 0.25) is 5.91 Å². The first-order valence-electron chi connectivity index (χ1n) is 7.01. The standard InChI is InChI=1S/C17H19BrN2O/c1-3-17(21)20-14-10-8-13(9-11-14)19-12(2)15-6-4-5-7-16(15)18/h4-12,19H,3H2,1-2H3,(H,20,21). The van der Waals surface area contributed by atoms with Gasteiger partial charge in [0.1, 0.15) is 0 Å². The van der Waals surface area contributed by atoms with Crippen molar-refractivity contribution in [2.45, 2.75) is 26.3 Å². The van der Waals surface area contributed by atoms with Crippen molar-refractivity contribution in [2.24, 2.45) is 0 Å². The van der Waals surface area contributed by atoms with Crippen LogP contribution in [0.4, 0.5) is 11.4 Å². The van der Waals surface area contributed by atoms with E-state index in [4.69, 9.17) is 0 Å². The van der Waals surface area contributed by atoms with Crippen LogP contribution in [0.25, 0.3) is 0 Å². The van der Waals surface area contributed by atoms with Gasteiger partial charge in [0.05, 0.1) is 0 Å². The first kappa shape index (κ1) is 15.6. The van der Waals surface area contributed by atoms with Crippen molar-refractivity contribution in [3.63, 3.8) is 0 Å². The first-order valence-corrected chi connectivity index (χ1v) is 7.80. The van der Waals surface area contributed by atoms with E-state index in [0.29, 0.717) is 6.42 Å². The molecule has 110 valence electrons. The van der Waals surface area contributed by atoms with Gasteiger partial charge in [-0.25, -0.2) is 0 Å². The number of benzene rings is 2. The minimum Gasteiger partial charge on any atom is -0.378 e. The minimum atomic E-state index is 0.0253. The summed E-state index contributed by atoms with van der Waals surface area (Å²) in [5.74, 6) is 0.0253. The molecule has 0 saturated carbocycles. The van der Waals surface area contributed by atoms with Gasteiger partial charge < -0.3 is 10.6 Å². The predicted octanol–water partition coefficient (Wildman–Crippen LogP) is 4.97. The molecule has 21 heavy (non-hydrogen) atoms. The summed E-state index contributed by atoms with van der Waals surface area (Å²) in [6.45, 7) is 3.96. The maximum Gasteiger partial charge on any atom is 0.224 e. The minimum absolute atomic E-state index is 0.0253. The molecule has 1 unspecified atom stereocenters. The number of nitrogens with one attached hydrogen (secondary N) is 2. The van der Waals surface area contributed by atoms with E-state index in [1.165, 1.54) is 5.56 Å². The van der Waals surface area contributed by atoms with E-state index in [0.717, 1.165) is 15.8 Å². The summed E-state index contributed by atoms with van der Waals surface area (Å²) in [4.78, 5) is 11.3. The monoisotopic (exact) mass is 346 g/mol. The van der Waals surface area contributed by atoms with E-state index in [1.807, 2.05) is 49.4 Å². The van der Waals surface area contributed by atoms with Crippen molar-refractivity contribution in [3.8, 4) is 0 Å². The SMILES string of the molecule is CCC(=O)Nc1ccc(NC(C)c2ccccc2Br)cc1. The van der Waals surface area contributed by atoms with Crippen molar-refractivity contribution in [2.75, 3.05) is 10.6 Å². The molecular formula is C17H19BrN2O. The maximum atomic E-state index is 11.3. The highest BCUT2D eigenvalue weighted by molar-refractivity contribution is 9.10. The van der Waals surface area contributed by atoms with Gasteiger partial charge in [-0.2, -0.15) is 0 Å². The molecule has 0 aliphatic carbocycles. The Bertz CT molecular complexity index is 610. The smallest absolute Gasteiger partial charge is 0.224 e. The molecule has 0 spiro atoms. The molecule has 0 aliphatic rings. The molecule has 0 radical (unpaired) electrons. The molecule has 0 bridgehead atoms. The second-order valence-corrected chi connectivity index (χ2v) is 5.72. The van der Waals surface area contributed by atoms with Crippen LogP contribution < -0.4 is 10.6 Å². The first-order chi connectivity index (χ1) is 10.1. The fourth-order valence-electron chi connectivity index (χ4n) is 2.05. The van der Waals surface area contributed by atoms with E-state index >= 15 is 0 Å². The van der Waals surface area contributed by atoms with Crippen LogP contribution in [0.15, 0.2) is 53.0 Å². The third-order valence-corrected chi connectivity index (χ3v) is 3.97. The second kappa shape index (κ2) is 7.27. The van der Waals surface area contributed by atoms with Gasteiger partial charge in [-0.3, -0.25) is 4.79 Å². The Kier molecular flexibility index (Phi) is 5.39. The third-order valence-electron chi connectivity index (χ3n) is 3.24. The van der Waals surface area contributed by atoms with Crippen molar-refractivity contribution >= 4 is 33.2 Å². The van der Waals surface area contributed by atoms with E-state index in [1.54, 1.807) is 0 Å². The molecule has 2 rings (SSSR count). The number of hydrogen-bond donors (Lipinski definition) is 2. The summed E-state index contributed by atoms with van der Waals surface area (Å²) in [5, 5.41) is 6.29. The largest absolute Gasteiger partial charge is 0.378 e. The number of carbonyl (C=O) groups excluding carboxylic acids is 1.